The molecule has 1 amide bonds. The number of carbonyl (C=O) groups excluding carboxylic acids is 1. The van der Waals surface area contributed by atoms with Crippen molar-refractivity contribution in [1.29, 1.82) is 0 Å². The predicted molar refractivity (Wildman–Crippen MR) is 75.8 cm³/mol. The summed E-state index contributed by atoms with van der Waals surface area (Å²) >= 11 is 0. The van der Waals surface area contributed by atoms with Crippen LogP contribution >= 0.6 is 0 Å². The van der Waals surface area contributed by atoms with Crippen molar-refractivity contribution in [1.82, 2.24) is 4.90 Å². The molecule has 1 saturated heterocycles. The van der Waals surface area contributed by atoms with Gasteiger partial charge in [-0.15, -0.1) is 0 Å². The maximum Gasteiger partial charge on any atom is 0.387 e. The van der Waals surface area contributed by atoms with Gasteiger partial charge in [0.1, 0.15) is 5.75 Å². The number of amides is 1. The van der Waals surface area contributed by atoms with Gasteiger partial charge in [0.05, 0.1) is 13.2 Å². The molecule has 1 N–H and O–H groups in total. The summed E-state index contributed by atoms with van der Waals surface area (Å²) in [6.45, 7) is 0.476. The minimum atomic E-state index is -2.95. The lowest BCUT2D eigenvalue weighted by Crippen LogP contribution is -2.52. The molecule has 6 nitrogen and oxygen atoms in total. The number of carbonyl (C=O) groups is 2. The average molecular weight is 329 g/mol. The van der Waals surface area contributed by atoms with E-state index in [0.29, 0.717) is 11.1 Å². The maximum atomic E-state index is 12.6. The van der Waals surface area contributed by atoms with Crippen molar-refractivity contribution >= 4 is 11.9 Å². The zero-order chi connectivity index (χ0) is 17.1. The van der Waals surface area contributed by atoms with Crippen molar-refractivity contribution < 1.29 is 33.0 Å². The Labute approximate surface area is 131 Å². The van der Waals surface area contributed by atoms with Crippen molar-refractivity contribution in [3.05, 3.63) is 28.8 Å². The Morgan fingerprint density at radius 3 is 2.48 bits per heavy atom. The number of benzene rings is 1. The third-order valence-electron chi connectivity index (χ3n) is 3.59. The van der Waals surface area contributed by atoms with Gasteiger partial charge in [-0.2, -0.15) is 8.78 Å². The Bertz CT molecular complexity index is 597. The van der Waals surface area contributed by atoms with Crippen LogP contribution in [0.3, 0.4) is 0 Å². The molecule has 126 valence electrons. The van der Waals surface area contributed by atoms with E-state index in [2.05, 4.69) is 4.74 Å². The average Bonchev–Trinajstić information content (AvgIpc) is 2.49. The van der Waals surface area contributed by atoms with Crippen LogP contribution in [0.25, 0.3) is 0 Å². The quantitative estimate of drug-likeness (QED) is 0.912. The highest BCUT2D eigenvalue weighted by molar-refractivity contribution is 5.97. The first-order chi connectivity index (χ1) is 10.8. The molecule has 0 aliphatic carbocycles. The molecule has 0 spiro atoms. The van der Waals surface area contributed by atoms with Gasteiger partial charge in [-0.05, 0) is 37.1 Å². The van der Waals surface area contributed by atoms with Gasteiger partial charge in [0.15, 0.2) is 6.04 Å². The minimum absolute atomic E-state index is 0.0216. The van der Waals surface area contributed by atoms with Crippen molar-refractivity contribution in [2.75, 3.05) is 19.8 Å². The molecule has 1 aliphatic rings. The molecule has 0 bridgehead atoms. The second kappa shape index (κ2) is 6.91. The highest BCUT2D eigenvalue weighted by atomic mass is 19.3. The van der Waals surface area contributed by atoms with E-state index in [1.807, 2.05) is 0 Å². The van der Waals surface area contributed by atoms with E-state index in [-0.39, 0.29) is 31.1 Å². The summed E-state index contributed by atoms with van der Waals surface area (Å²) in [6.07, 6.45) is 0. The Morgan fingerprint density at radius 2 is 1.96 bits per heavy atom. The number of aliphatic carboxylic acids is 1. The Kier molecular flexibility index (Phi) is 5.15. The largest absolute Gasteiger partial charge is 0.480 e. The predicted octanol–water partition coefficient (Wildman–Crippen LogP) is 1.83. The van der Waals surface area contributed by atoms with Crippen LogP contribution in [0.5, 0.6) is 5.75 Å². The zero-order valence-corrected chi connectivity index (χ0v) is 12.7. The van der Waals surface area contributed by atoms with E-state index < -0.39 is 24.5 Å². The van der Waals surface area contributed by atoms with E-state index in [1.54, 1.807) is 13.8 Å². The molecule has 1 heterocycles. The molecule has 1 unspecified atom stereocenters. The lowest BCUT2D eigenvalue weighted by molar-refractivity contribution is -0.147. The number of carboxylic acid groups (broad SMARTS) is 1. The molecule has 0 aromatic heterocycles. The molecular formula is C15H17F2NO5. The number of hydrogen-bond acceptors (Lipinski definition) is 4. The van der Waals surface area contributed by atoms with Crippen LogP contribution in [-0.4, -0.2) is 54.3 Å². The molecule has 8 heteroatoms. The molecule has 1 aromatic rings. The lowest BCUT2D eigenvalue weighted by atomic mass is 10.0. The summed E-state index contributed by atoms with van der Waals surface area (Å²) in [4.78, 5) is 25.0. The topological polar surface area (TPSA) is 76.1 Å². The van der Waals surface area contributed by atoms with Crippen molar-refractivity contribution in [3.8, 4) is 5.75 Å². The number of nitrogens with zero attached hydrogens (tertiary/aromatic N) is 1. The second-order valence-electron chi connectivity index (χ2n) is 5.25. The van der Waals surface area contributed by atoms with Gasteiger partial charge in [0.2, 0.25) is 0 Å². The normalized spacial score (nSPS) is 18.1. The van der Waals surface area contributed by atoms with Gasteiger partial charge < -0.3 is 19.5 Å². The van der Waals surface area contributed by atoms with E-state index in [1.165, 1.54) is 17.0 Å². The van der Waals surface area contributed by atoms with Crippen LogP contribution in [0.2, 0.25) is 0 Å². The second-order valence-corrected chi connectivity index (χ2v) is 5.25. The number of carboxylic acids is 1. The minimum Gasteiger partial charge on any atom is -0.480 e. The molecule has 2 rings (SSSR count). The fourth-order valence-corrected chi connectivity index (χ4v) is 2.57. The standard InChI is InChI=1S/C15H17F2NO5/c1-8-5-10(6-9(2)12(8)23-15(16)17)13(19)18-3-4-22-7-11(18)14(20)21/h5-6,11,15H,3-4,7H2,1-2H3,(H,20,21). The van der Waals surface area contributed by atoms with Crippen LogP contribution < -0.4 is 4.74 Å². The summed E-state index contributed by atoms with van der Waals surface area (Å²) in [7, 11) is 0. The van der Waals surface area contributed by atoms with E-state index in [0.717, 1.165) is 0 Å². The molecule has 1 aliphatic heterocycles. The highest BCUT2D eigenvalue weighted by Gasteiger charge is 2.33. The van der Waals surface area contributed by atoms with E-state index in [4.69, 9.17) is 4.74 Å². The molecule has 1 fully saturated rings. The number of aryl methyl sites for hydroxylation is 2. The fourth-order valence-electron chi connectivity index (χ4n) is 2.57. The number of hydrogen-bond donors (Lipinski definition) is 1. The van der Waals surface area contributed by atoms with Crippen LogP contribution in [-0.2, 0) is 9.53 Å². The number of rotatable bonds is 4. The van der Waals surface area contributed by atoms with Gasteiger partial charge in [-0.1, -0.05) is 0 Å². The molecule has 0 radical (unpaired) electrons. The van der Waals surface area contributed by atoms with Crippen LogP contribution in [0.4, 0.5) is 8.78 Å². The van der Waals surface area contributed by atoms with Gasteiger partial charge in [-0.3, -0.25) is 4.79 Å². The SMILES string of the molecule is Cc1cc(C(=O)N2CCOCC2C(=O)O)cc(C)c1OC(F)F. The number of morpholine rings is 1. The Morgan fingerprint density at radius 1 is 1.35 bits per heavy atom. The van der Waals surface area contributed by atoms with Gasteiger partial charge in [-0.25, -0.2) is 4.79 Å². The molecule has 1 aromatic carbocycles. The monoisotopic (exact) mass is 329 g/mol. The first-order valence-corrected chi connectivity index (χ1v) is 6.99. The first-order valence-electron chi connectivity index (χ1n) is 6.99. The summed E-state index contributed by atoms with van der Waals surface area (Å²) < 4.78 is 34.3. The Balaban J connectivity index is 2.30. The summed E-state index contributed by atoms with van der Waals surface area (Å²) in [6, 6.07) is 1.77. The van der Waals surface area contributed by atoms with E-state index in [9.17, 15) is 23.5 Å². The number of alkyl halides is 2. The van der Waals surface area contributed by atoms with Crippen LogP contribution in [0.15, 0.2) is 12.1 Å². The highest BCUT2D eigenvalue weighted by Crippen LogP contribution is 2.27. The zero-order valence-electron chi connectivity index (χ0n) is 12.7. The number of halogens is 2. The molecule has 0 saturated carbocycles. The van der Waals surface area contributed by atoms with Crippen molar-refractivity contribution in [2.24, 2.45) is 0 Å². The summed E-state index contributed by atoms with van der Waals surface area (Å²) in [5.74, 6) is -1.60. The van der Waals surface area contributed by atoms with Crippen molar-refractivity contribution in [2.45, 2.75) is 26.5 Å². The van der Waals surface area contributed by atoms with Crippen LogP contribution in [0.1, 0.15) is 21.5 Å². The lowest BCUT2D eigenvalue weighted by Gasteiger charge is -2.33. The third kappa shape index (κ3) is 3.76. The summed E-state index contributed by atoms with van der Waals surface area (Å²) in [5, 5.41) is 9.18. The van der Waals surface area contributed by atoms with Crippen molar-refractivity contribution in [3.63, 3.8) is 0 Å². The van der Waals surface area contributed by atoms with Crippen LogP contribution in [0, 0.1) is 13.8 Å². The fraction of sp³-hybridized carbons (Fsp3) is 0.467. The first kappa shape index (κ1) is 17.1. The van der Waals surface area contributed by atoms with Gasteiger partial charge in [0, 0.05) is 12.1 Å². The molecule has 23 heavy (non-hydrogen) atoms. The van der Waals surface area contributed by atoms with E-state index >= 15 is 0 Å². The molecule has 1 atom stereocenters. The smallest absolute Gasteiger partial charge is 0.387 e. The number of ether oxygens (including phenoxy) is 2. The van der Waals surface area contributed by atoms with Gasteiger partial charge >= 0.3 is 12.6 Å². The maximum absolute atomic E-state index is 12.6. The van der Waals surface area contributed by atoms with Gasteiger partial charge in [0.25, 0.3) is 5.91 Å². The Hall–Kier alpha value is -2.22. The summed E-state index contributed by atoms with van der Waals surface area (Å²) in [5.41, 5.74) is 0.998. The molecular weight excluding hydrogens is 312 g/mol. The third-order valence-corrected chi connectivity index (χ3v) is 3.59.